The number of hydrogen-bond acceptors (Lipinski definition) is 2. The lowest BCUT2D eigenvalue weighted by Gasteiger charge is -2.27. The third-order valence-electron chi connectivity index (χ3n) is 2.23. The largest absolute Gasteiger partial charge is 0.350 e. The van der Waals surface area contributed by atoms with Crippen LogP contribution in [0.15, 0.2) is 0 Å². The van der Waals surface area contributed by atoms with Crippen molar-refractivity contribution in [3.8, 4) is 0 Å². The van der Waals surface area contributed by atoms with Gasteiger partial charge in [-0.25, -0.2) is 4.79 Å². The maximum atomic E-state index is 11.8. The van der Waals surface area contributed by atoms with Crippen LogP contribution < -0.4 is 10.6 Å². The topological polar surface area (TPSA) is 61.4 Å². The molecule has 1 aliphatic heterocycles. The molecule has 1 saturated heterocycles. The molecular weight excluding hydrogens is 194 g/mol. The average molecular weight is 213 g/mol. The van der Waals surface area contributed by atoms with Crippen molar-refractivity contribution >= 4 is 11.9 Å². The lowest BCUT2D eigenvalue weighted by Crippen LogP contribution is -2.51. The summed E-state index contributed by atoms with van der Waals surface area (Å²) in [7, 11) is 0. The highest BCUT2D eigenvalue weighted by Crippen LogP contribution is 2.06. The van der Waals surface area contributed by atoms with Gasteiger partial charge in [0.15, 0.2) is 0 Å². The fraction of sp³-hybridized carbons (Fsp3) is 0.800. The van der Waals surface area contributed by atoms with Crippen molar-refractivity contribution in [1.82, 2.24) is 15.5 Å². The van der Waals surface area contributed by atoms with Gasteiger partial charge >= 0.3 is 6.03 Å². The Kier molecular flexibility index (Phi) is 3.21. The number of rotatable bonds is 2. The van der Waals surface area contributed by atoms with Gasteiger partial charge in [0.1, 0.15) is 6.04 Å². The lowest BCUT2D eigenvalue weighted by molar-refractivity contribution is -0.126. The summed E-state index contributed by atoms with van der Waals surface area (Å²) in [5.74, 6) is -0.112. The molecule has 3 amide bonds. The van der Waals surface area contributed by atoms with Crippen LogP contribution in [0, 0.1) is 0 Å². The van der Waals surface area contributed by atoms with E-state index in [2.05, 4.69) is 10.6 Å². The third kappa shape index (κ3) is 3.11. The molecule has 0 bridgehead atoms. The molecule has 1 rings (SSSR count). The Morgan fingerprint density at radius 3 is 2.53 bits per heavy atom. The molecule has 86 valence electrons. The minimum Gasteiger partial charge on any atom is -0.350 e. The number of urea groups is 1. The first-order valence-electron chi connectivity index (χ1n) is 5.18. The Labute approximate surface area is 90.2 Å². The second-order valence-electron chi connectivity index (χ2n) is 4.84. The SMILES string of the molecule is CC(C(=O)NC(C)(C)C)N1CCNC1=O. The molecule has 15 heavy (non-hydrogen) atoms. The van der Waals surface area contributed by atoms with Crippen LogP contribution in [0.25, 0.3) is 0 Å². The second-order valence-corrected chi connectivity index (χ2v) is 4.84. The fourth-order valence-corrected chi connectivity index (χ4v) is 1.47. The monoisotopic (exact) mass is 213 g/mol. The van der Waals surface area contributed by atoms with Crippen LogP contribution in [0.1, 0.15) is 27.7 Å². The first-order valence-corrected chi connectivity index (χ1v) is 5.18. The third-order valence-corrected chi connectivity index (χ3v) is 2.23. The summed E-state index contributed by atoms with van der Waals surface area (Å²) < 4.78 is 0. The maximum absolute atomic E-state index is 11.8. The minimum atomic E-state index is -0.410. The van der Waals surface area contributed by atoms with Gasteiger partial charge in [-0.05, 0) is 27.7 Å². The molecule has 1 heterocycles. The van der Waals surface area contributed by atoms with Crippen LogP contribution in [0.4, 0.5) is 4.79 Å². The predicted octanol–water partition coefficient (Wildman–Crippen LogP) is 0.315. The van der Waals surface area contributed by atoms with E-state index in [0.29, 0.717) is 13.1 Å². The molecule has 1 unspecified atom stereocenters. The van der Waals surface area contributed by atoms with Crippen LogP contribution in [-0.2, 0) is 4.79 Å². The molecule has 0 saturated carbocycles. The van der Waals surface area contributed by atoms with Crippen molar-refractivity contribution < 1.29 is 9.59 Å². The second kappa shape index (κ2) is 4.08. The van der Waals surface area contributed by atoms with Crippen molar-refractivity contribution in [3.63, 3.8) is 0 Å². The molecule has 0 aromatic carbocycles. The molecule has 1 aliphatic rings. The number of carbonyl (C=O) groups is 2. The zero-order valence-electron chi connectivity index (χ0n) is 9.76. The molecule has 2 N–H and O–H groups in total. The number of hydrogen-bond donors (Lipinski definition) is 2. The summed E-state index contributed by atoms with van der Waals surface area (Å²) in [5.41, 5.74) is -0.262. The van der Waals surface area contributed by atoms with E-state index in [1.807, 2.05) is 20.8 Å². The van der Waals surface area contributed by atoms with E-state index >= 15 is 0 Å². The van der Waals surface area contributed by atoms with E-state index in [-0.39, 0.29) is 17.5 Å². The van der Waals surface area contributed by atoms with Gasteiger partial charge in [0, 0.05) is 18.6 Å². The molecule has 1 fully saturated rings. The summed E-state index contributed by atoms with van der Waals surface area (Å²) in [6.07, 6.45) is 0. The molecule has 0 radical (unpaired) electrons. The van der Waals surface area contributed by atoms with E-state index in [1.165, 1.54) is 0 Å². The summed E-state index contributed by atoms with van der Waals surface area (Å²) in [6, 6.07) is -0.571. The Morgan fingerprint density at radius 2 is 2.13 bits per heavy atom. The van der Waals surface area contributed by atoms with E-state index in [9.17, 15) is 9.59 Å². The van der Waals surface area contributed by atoms with E-state index in [0.717, 1.165) is 0 Å². The molecular formula is C10H19N3O2. The lowest BCUT2D eigenvalue weighted by atomic mass is 10.1. The zero-order valence-corrected chi connectivity index (χ0v) is 9.76. The Hall–Kier alpha value is -1.26. The van der Waals surface area contributed by atoms with Crippen molar-refractivity contribution in [1.29, 1.82) is 0 Å². The highest BCUT2D eigenvalue weighted by molar-refractivity contribution is 5.87. The quantitative estimate of drug-likeness (QED) is 0.693. The van der Waals surface area contributed by atoms with Crippen LogP contribution >= 0.6 is 0 Å². The molecule has 0 spiro atoms. The number of nitrogens with one attached hydrogen (secondary N) is 2. The Bertz CT molecular complexity index is 270. The fourth-order valence-electron chi connectivity index (χ4n) is 1.47. The highest BCUT2D eigenvalue weighted by Gasteiger charge is 2.30. The van der Waals surface area contributed by atoms with Gasteiger partial charge in [0.05, 0.1) is 0 Å². The minimum absolute atomic E-state index is 0.112. The highest BCUT2D eigenvalue weighted by atomic mass is 16.2. The Balaban J connectivity index is 2.56. The van der Waals surface area contributed by atoms with Crippen LogP contribution in [0.5, 0.6) is 0 Å². The number of amides is 3. The molecule has 5 heteroatoms. The van der Waals surface area contributed by atoms with Gasteiger partial charge in [-0.1, -0.05) is 0 Å². The van der Waals surface area contributed by atoms with Gasteiger partial charge in [-0.2, -0.15) is 0 Å². The maximum Gasteiger partial charge on any atom is 0.318 e. The van der Waals surface area contributed by atoms with Gasteiger partial charge in [0.25, 0.3) is 0 Å². The standard InChI is InChI=1S/C10H19N3O2/c1-7(8(14)12-10(2,3)4)13-6-5-11-9(13)15/h7H,5-6H2,1-4H3,(H,11,15)(H,12,14). The van der Waals surface area contributed by atoms with Crippen molar-refractivity contribution in [3.05, 3.63) is 0 Å². The zero-order chi connectivity index (χ0) is 11.6. The van der Waals surface area contributed by atoms with Crippen molar-refractivity contribution in [2.24, 2.45) is 0 Å². The summed E-state index contributed by atoms with van der Waals surface area (Å²) in [6.45, 7) is 8.71. The van der Waals surface area contributed by atoms with Crippen LogP contribution in [0.3, 0.4) is 0 Å². The van der Waals surface area contributed by atoms with E-state index < -0.39 is 6.04 Å². The van der Waals surface area contributed by atoms with Gasteiger partial charge in [0.2, 0.25) is 5.91 Å². The predicted molar refractivity (Wildman–Crippen MR) is 57.5 cm³/mol. The van der Waals surface area contributed by atoms with Gasteiger partial charge < -0.3 is 15.5 Å². The Morgan fingerprint density at radius 1 is 1.53 bits per heavy atom. The smallest absolute Gasteiger partial charge is 0.318 e. The normalized spacial score (nSPS) is 18.7. The van der Waals surface area contributed by atoms with Gasteiger partial charge in [-0.3, -0.25) is 4.79 Å². The molecule has 0 aromatic rings. The van der Waals surface area contributed by atoms with Crippen LogP contribution in [0.2, 0.25) is 0 Å². The molecule has 5 nitrogen and oxygen atoms in total. The first-order chi connectivity index (χ1) is 6.81. The van der Waals surface area contributed by atoms with Crippen molar-refractivity contribution in [2.75, 3.05) is 13.1 Å². The summed E-state index contributed by atoms with van der Waals surface area (Å²) in [5, 5.41) is 5.53. The van der Waals surface area contributed by atoms with E-state index in [1.54, 1.807) is 11.8 Å². The first kappa shape index (κ1) is 11.8. The molecule has 0 aromatic heterocycles. The summed E-state index contributed by atoms with van der Waals surface area (Å²) >= 11 is 0. The van der Waals surface area contributed by atoms with E-state index in [4.69, 9.17) is 0 Å². The molecule has 1 atom stereocenters. The number of nitrogens with zero attached hydrogens (tertiary/aromatic N) is 1. The molecule has 0 aliphatic carbocycles. The van der Waals surface area contributed by atoms with Gasteiger partial charge in [-0.15, -0.1) is 0 Å². The summed E-state index contributed by atoms with van der Waals surface area (Å²) in [4.78, 5) is 24.6. The average Bonchev–Trinajstić information content (AvgIpc) is 2.47. The number of carbonyl (C=O) groups excluding carboxylic acids is 2. The van der Waals surface area contributed by atoms with Crippen molar-refractivity contribution in [2.45, 2.75) is 39.3 Å². The van der Waals surface area contributed by atoms with Crippen LogP contribution in [-0.4, -0.2) is 41.5 Å².